The zero-order valence-electron chi connectivity index (χ0n) is 4.91. The monoisotopic (exact) mass is 142 g/mol. The Kier molecular flexibility index (Phi) is 3620. The molecule has 0 saturated heterocycles. The van der Waals surface area contributed by atoms with Gasteiger partial charge >= 0.3 is 21.7 Å². The van der Waals surface area contributed by atoms with E-state index in [0.717, 1.165) is 0 Å². The van der Waals surface area contributed by atoms with Crippen molar-refractivity contribution in [2.24, 2.45) is 0 Å². The molecule has 0 rings (SSSR count). The van der Waals surface area contributed by atoms with Crippen molar-refractivity contribution in [3.05, 3.63) is 13.8 Å². The fraction of sp³-hybridized carbons (Fsp3) is 0.500. The van der Waals surface area contributed by atoms with Gasteiger partial charge in [-0.1, -0.05) is 0 Å². The first-order chi connectivity index (χ1) is 2.00. The standard InChI is InChI=1S/2C2H5.2H2O.Ti/c2*1-2;;;/h2*1H2,2H3;2*1H2;/q2*-1;;;+2. The first-order valence-corrected chi connectivity index (χ1v) is 1.41. The number of hydrogen-bond acceptors (Lipinski definition) is 0. The third-order valence-corrected chi connectivity index (χ3v) is 0. The summed E-state index contributed by atoms with van der Waals surface area (Å²) in [5.74, 6) is 0. The zero-order valence-corrected chi connectivity index (χ0v) is 6.48. The summed E-state index contributed by atoms with van der Waals surface area (Å²) in [5, 5.41) is 0. The van der Waals surface area contributed by atoms with Crippen molar-refractivity contribution in [2.45, 2.75) is 13.8 Å². The van der Waals surface area contributed by atoms with Crippen molar-refractivity contribution in [1.82, 2.24) is 0 Å². The van der Waals surface area contributed by atoms with Gasteiger partial charge in [0.05, 0.1) is 0 Å². The van der Waals surface area contributed by atoms with Crippen molar-refractivity contribution in [1.29, 1.82) is 0 Å². The molecule has 0 aliphatic rings. The SMILES string of the molecule is O.O.[CH2-]C.[CH2-]C.[Ti+2]. The van der Waals surface area contributed by atoms with Crippen molar-refractivity contribution in [2.75, 3.05) is 0 Å². The van der Waals surface area contributed by atoms with Gasteiger partial charge in [-0.25, -0.2) is 0 Å². The van der Waals surface area contributed by atoms with Crippen LogP contribution in [-0.2, 0) is 21.7 Å². The van der Waals surface area contributed by atoms with E-state index in [-0.39, 0.29) is 32.7 Å². The van der Waals surface area contributed by atoms with Crippen LogP contribution in [0.15, 0.2) is 0 Å². The van der Waals surface area contributed by atoms with Crippen molar-refractivity contribution >= 4 is 0 Å². The minimum absolute atomic E-state index is 0. The average molecular weight is 142 g/mol. The van der Waals surface area contributed by atoms with Crippen molar-refractivity contribution in [3.8, 4) is 0 Å². The van der Waals surface area contributed by atoms with E-state index in [9.17, 15) is 0 Å². The maximum atomic E-state index is 3.25. The van der Waals surface area contributed by atoms with Crippen LogP contribution < -0.4 is 0 Å². The molecule has 0 aromatic heterocycles. The minimum atomic E-state index is 0. The Morgan fingerprint density at radius 2 is 0.714 bits per heavy atom. The molecule has 0 fully saturated rings. The molecule has 0 radical (unpaired) electrons. The summed E-state index contributed by atoms with van der Waals surface area (Å²) in [4.78, 5) is 0. The van der Waals surface area contributed by atoms with Crippen LogP contribution in [0.3, 0.4) is 0 Å². The molecule has 0 spiro atoms. The maximum absolute atomic E-state index is 3.25. The summed E-state index contributed by atoms with van der Waals surface area (Å²) in [6, 6.07) is 0. The average Bonchev–Trinajstić information content (AvgIpc) is 1.50. The molecule has 0 aliphatic carbocycles. The van der Waals surface area contributed by atoms with E-state index in [0.29, 0.717) is 0 Å². The van der Waals surface area contributed by atoms with E-state index in [1.54, 1.807) is 13.8 Å². The third kappa shape index (κ3) is 354. The Morgan fingerprint density at radius 1 is 0.714 bits per heavy atom. The van der Waals surface area contributed by atoms with Gasteiger partial charge in [0.15, 0.2) is 0 Å². The molecule has 0 amide bonds. The summed E-state index contributed by atoms with van der Waals surface area (Å²) in [6.45, 7) is 10.0. The summed E-state index contributed by atoms with van der Waals surface area (Å²) >= 11 is 0. The normalized spacial score (nSPS) is 1.71. The fourth-order valence-electron chi connectivity index (χ4n) is 0. The van der Waals surface area contributed by atoms with Gasteiger partial charge in [-0.15, -0.1) is 0 Å². The van der Waals surface area contributed by atoms with Gasteiger partial charge in [0, 0.05) is 0 Å². The van der Waals surface area contributed by atoms with Gasteiger partial charge in [0.2, 0.25) is 0 Å². The largest absolute Gasteiger partial charge is 2.00 e. The van der Waals surface area contributed by atoms with Crippen LogP contribution in [0.4, 0.5) is 0 Å². The minimum Gasteiger partial charge on any atom is -0.412 e. The van der Waals surface area contributed by atoms with Crippen LogP contribution in [0.25, 0.3) is 0 Å². The van der Waals surface area contributed by atoms with E-state index >= 15 is 0 Å². The Labute approximate surface area is 60.8 Å². The van der Waals surface area contributed by atoms with Gasteiger partial charge < -0.3 is 24.8 Å². The van der Waals surface area contributed by atoms with Crippen LogP contribution in [-0.4, -0.2) is 11.0 Å². The predicted octanol–water partition coefficient (Wildman–Crippen LogP) is 0.0289. The maximum Gasteiger partial charge on any atom is 2.00 e. The Bertz CT molecular complexity index is 9.65. The molecular weight excluding hydrogens is 128 g/mol. The smallest absolute Gasteiger partial charge is 0.412 e. The molecule has 46 valence electrons. The molecule has 0 bridgehead atoms. The Morgan fingerprint density at radius 3 is 0.714 bits per heavy atom. The van der Waals surface area contributed by atoms with Crippen molar-refractivity contribution in [3.63, 3.8) is 0 Å². The second-order valence-electron chi connectivity index (χ2n) is 0. The quantitative estimate of drug-likeness (QED) is 0.338. The van der Waals surface area contributed by atoms with Crippen LogP contribution in [0.5, 0.6) is 0 Å². The first kappa shape index (κ1) is 48.4. The molecule has 0 atom stereocenters. The molecule has 7 heavy (non-hydrogen) atoms. The summed E-state index contributed by atoms with van der Waals surface area (Å²) in [5.41, 5.74) is 0. The molecule has 2 nitrogen and oxygen atoms in total. The van der Waals surface area contributed by atoms with Crippen LogP contribution in [0.2, 0.25) is 0 Å². The molecule has 0 heterocycles. The van der Waals surface area contributed by atoms with E-state index in [1.165, 1.54) is 0 Å². The van der Waals surface area contributed by atoms with Crippen LogP contribution >= 0.6 is 0 Å². The van der Waals surface area contributed by atoms with E-state index in [1.807, 2.05) is 0 Å². The molecule has 0 unspecified atom stereocenters. The zero-order chi connectivity index (χ0) is 4.00. The van der Waals surface area contributed by atoms with Gasteiger partial charge in [0.1, 0.15) is 0 Å². The van der Waals surface area contributed by atoms with Crippen LogP contribution in [0, 0.1) is 13.8 Å². The predicted molar refractivity (Wildman–Crippen MR) is 29.3 cm³/mol. The molecule has 0 saturated carbocycles. The molecule has 0 aliphatic heterocycles. The van der Waals surface area contributed by atoms with Gasteiger partial charge in [-0.3, -0.25) is 0 Å². The molecule has 0 aromatic carbocycles. The molecule has 4 N–H and O–H groups in total. The second kappa shape index (κ2) is 523. The first-order valence-electron chi connectivity index (χ1n) is 1.41. The summed E-state index contributed by atoms with van der Waals surface area (Å²) in [6.07, 6.45) is 0. The summed E-state index contributed by atoms with van der Waals surface area (Å²) < 4.78 is 0. The van der Waals surface area contributed by atoms with Gasteiger partial charge in [0.25, 0.3) is 0 Å². The van der Waals surface area contributed by atoms with Gasteiger partial charge in [-0.2, -0.15) is 13.8 Å². The topological polar surface area (TPSA) is 63.0 Å². The number of hydrogen-bond donors (Lipinski definition) is 0. The van der Waals surface area contributed by atoms with Crippen molar-refractivity contribution < 1.29 is 32.7 Å². The molecule has 0 aromatic rings. The second-order valence-corrected chi connectivity index (χ2v) is 0. The Hall–Kier alpha value is 0.634. The third-order valence-electron chi connectivity index (χ3n) is 0. The number of rotatable bonds is 0. The van der Waals surface area contributed by atoms with Crippen LogP contribution in [0.1, 0.15) is 13.8 Å². The summed E-state index contributed by atoms with van der Waals surface area (Å²) in [7, 11) is 0. The van der Waals surface area contributed by atoms with E-state index in [2.05, 4.69) is 13.8 Å². The van der Waals surface area contributed by atoms with E-state index in [4.69, 9.17) is 0 Å². The van der Waals surface area contributed by atoms with E-state index < -0.39 is 0 Å². The molecular formula is C4H14O2Ti. The van der Waals surface area contributed by atoms with Gasteiger partial charge in [-0.05, 0) is 0 Å². The fourth-order valence-corrected chi connectivity index (χ4v) is 0. The Balaban J connectivity index is -0.00000000267. The molecule has 3 heteroatoms.